The van der Waals surface area contributed by atoms with Gasteiger partial charge >= 0.3 is 0 Å². The van der Waals surface area contributed by atoms with Gasteiger partial charge in [0.2, 0.25) is 0 Å². The fourth-order valence-electron chi connectivity index (χ4n) is 3.89. The van der Waals surface area contributed by atoms with Gasteiger partial charge < -0.3 is 10.6 Å². The summed E-state index contributed by atoms with van der Waals surface area (Å²) in [5.74, 6) is 6.08. The van der Waals surface area contributed by atoms with E-state index in [1.807, 2.05) is 37.3 Å². The Morgan fingerprint density at radius 3 is 2.91 bits per heavy atom. The largest absolute Gasteiger partial charge is 0.348 e. The summed E-state index contributed by atoms with van der Waals surface area (Å²) in [5.41, 5.74) is 1.69. The first-order chi connectivity index (χ1) is 11.2. The van der Waals surface area contributed by atoms with Crippen LogP contribution < -0.4 is 10.6 Å². The lowest BCUT2D eigenvalue weighted by atomic mass is 9.95. The Morgan fingerprint density at radius 2 is 2.17 bits per heavy atom. The molecule has 2 heterocycles. The molecule has 2 saturated heterocycles. The van der Waals surface area contributed by atoms with Gasteiger partial charge in [-0.3, -0.25) is 4.79 Å². The van der Waals surface area contributed by atoms with Gasteiger partial charge in [-0.05, 0) is 55.2 Å². The molecule has 116 valence electrons. The highest BCUT2D eigenvalue weighted by atomic mass is 16.1. The van der Waals surface area contributed by atoms with Crippen molar-refractivity contribution in [3.05, 3.63) is 47.5 Å². The standard InChI is InChI=1S/C20H20N2O/c1-2-4-13-5-3-6-14-7-8-15(11-17(13)14)20(23)22-19-12-16-9-10-18(19)21-16/h3,5-8,11,16,18-19,21H,9-10,12H2,1H3,(H,22,23)/t16-,18+,19-/m1/s1. The molecule has 2 aliphatic rings. The number of fused-ring (bicyclic) bond motifs is 3. The lowest BCUT2D eigenvalue weighted by Crippen LogP contribution is -2.42. The van der Waals surface area contributed by atoms with Crippen LogP contribution in [0.15, 0.2) is 36.4 Å². The zero-order valence-corrected chi connectivity index (χ0v) is 13.2. The molecular weight excluding hydrogens is 284 g/mol. The Kier molecular flexibility index (Phi) is 3.55. The minimum atomic E-state index is 0.0190. The zero-order valence-electron chi connectivity index (χ0n) is 13.2. The van der Waals surface area contributed by atoms with Gasteiger partial charge in [0, 0.05) is 29.3 Å². The van der Waals surface area contributed by atoms with Gasteiger partial charge in [-0.2, -0.15) is 0 Å². The number of rotatable bonds is 2. The number of nitrogens with one attached hydrogen (secondary N) is 2. The predicted molar refractivity (Wildman–Crippen MR) is 92.3 cm³/mol. The Bertz CT molecular complexity index is 830. The van der Waals surface area contributed by atoms with E-state index in [1.165, 1.54) is 12.8 Å². The molecule has 0 saturated carbocycles. The molecule has 3 nitrogen and oxygen atoms in total. The van der Waals surface area contributed by atoms with Crippen molar-refractivity contribution in [2.75, 3.05) is 0 Å². The maximum Gasteiger partial charge on any atom is 0.251 e. The molecule has 0 aliphatic carbocycles. The summed E-state index contributed by atoms with van der Waals surface area (Å²) < 4.78 is 0. The summed E-state index contributed by atoms with van der Waals surface area (Å²) in [5, 5.41) is 8.92. The highest BCUT2D eigenvalue weighted by Gasteiger charge is 2.39. The molecule has 0 unspecified atom stereocenters. The van der Waals surface area contributed by atoms with Crippen LogP contribution in [0.4, 0.5) is 0 Å². The Labute approximate surface area is 136 Å². The Balaban J connectivity index is 1.61. The highest BCUT2D eigenvalue weighted by molar-refractivity contribution is 6.00. The second kappa shape index (κ2) is 5.72. The fourth-order valence-corrected chi connectivity index (χ4v) is 3.89. The second-order valence-corrected chi connectivity index (χ2v) is 6.48. The number of hydrogen-bond donors (Lipinski definition) is 2. The van der Waals surface area contributed by atoms with Crippen molar-refractivity contribution in [1.29, 1.82) is 0 Å². The third kappa shape index (κ3) is 2.60. The number of benzene rings is 2. The summed E-state index contributed by atoms with van der Waals surface area (Å²) in [4.78, 5) is 12.6. The third-order valence-electron chi connectivity index (χ3n) is 5.02. The monoisotopic (exact) mass is 304 g/mol. The van der Waals surface area contributed by atoms with Crippen molar-refractivity contribution >= 4 is 16.7 Å². The second-order valence-electron chi connectivity index (χ2n) is 6.48. The van der Waals surface area contributed by atoms with Crippen molar-refractivity contribution in [3.8, 4) is 11.8 Å². The van der Waals surface area contributed by atoms with E-state index in [0.717, 1.165) is 22.8 Å². The number of hydrogen-bond acceptors (Lipinski definition) is 2. The quantitative estimate of drug-likeness (QED) is 0.838. The highest BCUT2D eigenvalue weighted by Crippen LogP contribution is 2.28. The van der Waals surface area contributed by atoms with Gasteiger partial charge in [-0.25, -0.2) is 0 Å². The average Bonchev–Trinajstić information content (AvgIpc) is 3.18. The first kappa shape index (κ1) is 14.3. The molecule has 2 fully saturated rings. The normalized spacial score (nSPS) is 25.2. The molecule has 4 rings (SSSR count). The van der Waals surface area contributed by atoms with Gasteiger partial charge in [0.15, 0.2) is 0 Å². The van der Waals surface area contributed by atoms with Crippen LogP contribution in [0.5, 0.6) is 0 Å². The molecule has 23 heavy (non-hydrogen) atoms. The predicted octanol–water partition coefficient (Wildman–Crippen LogP) is 2.83. The van der Waals surface area contributed by atoms with Crippen LogP contribution in [0.25, 0.3) is 10.8 Å². The van der Waals surface area contributed by atoms with Crippen LogP contribution in [0, 0.1) is 11.8 Å². The van der Waals surface area contributed by atoms with E-state index in [-0.39, 0.29) is 11.9 Å². The van der Waals surface area contributed by atoms with Crippen LogP contribution in [0.1, 0.15) is 42.1 Å². The van der Waals surface area contributed by atoms with Crippen LogP contribution in [-0.4, -0.2) is 24.0 Å². The van der Waals surface area contributed by atoms with Gasteiger partial charge in [0.25, 0.3) is 5.91 Å². The maximum atomic E-state index is 12.6. The first-order valence-corrected chi connectivity index (χ1v) is 8.27. The summed E-state index contributed by atoms with van der Waals surface area (Å²) in [6.45, 7) is 1.83. The topological polar surface area (TPSA) is 41.1 Å². The SMILES string of the molecule is CC#Cc1cccc2ccc(C(=O)N[C@@H]3C[C@H]4CC[C@@H]3N4)cc12. The molecule has 3 heteroatoms. The molecule has 2 bridgehead atoms. The van der Waals surface area contributed by atoms with Crippen LogP contribution >= 0.6 is 0 Å². The van der Waals surface area contributed by atoms with Crippen LogP contribution in [0.2, 0.25) is 0 Å². The minimum Gasteiger partial charge on any atom is -0.348 e. The molecule has 0 radical (unpaired) electrons. The first-order valence-electron chi connectivity index (χ1n) is 8.27. The summed E-state index contributed by atoms with van der Waals surface area (Å²) >= 11 is 0. The third-order valence-corrected chi connectivity index (χ3v) is 5.02. The smallest absolute Gasteiger partial charge is 0.251 e. The summed E-state index contributed by atoms with van der Waals surface area (Å²) in [6, 6.07) is 13.2. The Hall–Kier alpha value is -2.31. The molecule has 1 amide bonds. The molecule has 0 spiro atoms. The average molecular weight is 304 g/mol. The van der Waals surface area contributed by atoms with E-state index < -0.39 is 0 Å². The fraction of sp³-hybridized carbons (Fsp3) is 0.350. The number of carbonyl (C=O) groups is 1. The van der Waals surface area contributed by atoms with E-state index in [0.29, 0.717) is 17.6 Å². The lowest BCUT2D eigenvalue weighted by molar-refractivity contribution is 0.0931. The van der Waals surface area contributed by atoms with Gasteiger partial charge in [0.05, 0.1) is 0 Å². The zero-order chi connectivity index (χ0) is 15.8. The van der Waals surface area contributed by atoms with Crippen molar-refractivity contribution in [2.45, 2.75) is 44.3 Å². The summed E-state index contributed by atoms with van der Waals surface area (Å²) in [7, 11) is 0. The van der Waals surface area contributed by atoms with Crippen molar-refractivity contribution in [1.82, 2.24) is 10.6 Å². The molecular formula is C20H20N2O. The molecule has 2 N–H and O–H groups in total. The molecule has 3 atom stereocenters. The van der Waals surface area contributed by atoms with Crippen molar-refractivity contribution in [3.63, 3.8) is 0 Å². The summed E-state index contributed by atoms with van der Waals surface area (Å²) in [6.07, 6.45) is 3.46. The van der Waals surface area contributed by atoms with E-state index in [9.17, 15) is 4.79 Å². The van der Waals surface area contributed by atoms with Crippen molar-refractivity contribution < 1.29 is 4.79 Å². The molecule has 2 aromatic carbocycles. The Morgan fingerprint density at radius 1 is 1.26 bits per heavy atom. The molecule has 2 aliphatic heterocycles. The van der Waals surface area contributed by atoms with Crippen molar-refractivity contribution in [2.24, 2.45) is 0 Å². The minimum absolute atomic E-state index is 0.0190. The van der Waals surface area contributed by atoms with E-state index in [4.69, 9.17) is 0 Å². The number of carbonyl (C=O) groups excluding carboxylic acids is 1. The van der Waals surface area contributed by atoms with E-state index in [1.54, 1.807) is 0 Å². The van der Waals surface area contributed by atoms with Crippen LogP contribution in [0.3, 0.4) is 0 Å². The number of amides is 1. The maximum absolute atomic E-state index is 12.6. The van der Waals surface area contributed by atoms with Crippen LogP contribution in [-0.2, 0) is 0 Å². The van der Waals surface area contributed by atoms with Gasteiger partial charge in [-0.1, -0.05) is 24.1 Å². The lowest BCUT2D eigenvalue weighted by Gasteiger charge is -2.21. The molecule has 2 aromatic rings. The van der Waals surface area contributed by atoms with Gasteiger partial charge in [0.1, 0.15) is 0 Å². The van der Waals surface area contributed by atoms with E-state index in [2.05, 4.69) is 28.5 Å². The molecule has 0 aromatic heterocycles. The van der Waals surface area contributed by atoms with E-state index >= 15 is 0 Å². The van der Waals surface area contributed by atoms with Gasteiger partial charge in [-0.15, -0.1) is 5.92 Å².